The zero-order valence-corrected chi connectivity index (χ0v) is 13.2. The highest BCUT2D eigenvalue weighted by atomic mass is 35.5. The van der Waals surface area contributed by atoms with Gasteiger partial charge in [-0.1, -0.05) is 11.6 Å². The number of ether oxygens (including phenoxy) is 1. The molecule has 112 valence electrons. The van der Waals surface area contributed by atoms with Crippen LogP contribution in [0.3, 0.4) is 0 Å². The van der Waals surface area contributed by atoms with Gasteiger partial charge in [-0.15, -0.1) is 11.3 Å². The summed E-state index contributed by atoms with van der Waals surface area (Å²) < 4.78 is 31.6. The molecule has 9 heteroatoms. The largest absolute Gasteiger partial charge is 0.465 e. The molecular weight excluding hydrogens is 336 g/mol. The van der Waals surface area contributed by atoms with Gasteiger partial charge in [-0.05, 0) is 29.6 Å². The molecule has 1 aromatic carbocycles. The molecule has 3 N–H and O–H groups in total. The summed E-state index contributed by atoms with van der Waals surface area (Å²) >= 11 is 6.90. The molecule has 6 nitrogen and oxygen atoms in total. The lowest BCUT2D eigenvalue weighted by molar-refractivity contribution is 0.0602. The molecule has 2 rings (SSSR count). The van der Waals surface area contributed by atoms with Crippen LogP contribution >= 0.6 is 22.9 Å². The molecule has 0 aliphatic rings. The number of carbonyl (C=O) groups excluding carboxylic acids is 1. The Hall–Kier alpha value is -1.77. The first-order valence-electron chi connectivity index (χ1n) is 5.59. The van der Waals surface area contributed by atoms with Crippen molar-refractivity contribution in [2.45, 2.75) is 4.90 Å². The number of sulfonamides is 1. The van der Waals surface area contributed by atoms with E-state index in [1.165, 1.54) is 30.7 Å². The van der Waals surface area contributed by atoms with E-state index in [2.05, 4.69) is 9.46 Å². The fourth-order valence-electron chi connectivity index (χ4n) is 1.57. The normalized spacial score (nSPS) is 11.1. The van der Waals surface area contributed by atoms with Crippen molar-refractivity contribution in [3.8, 4) is 0 Å². The maximum absolute atomic E-state index is 12.4. The number of anilines is 2. The minimum atomic E-state index is -3.98. The predicted octanol–water partition coefficient (Wildman–Crippen LogP) is 2.57. The Morgan fingerprint density at radius 1 is 1.38 bits per heavy atom. The van der Waals surface area contributed by atoms with Gasteiger partial charge in [-0.25, -0.2) is 13.2 Å². The molecule has 0 bridgehead atoms. The highest BCUT2D eigenvalue weighted by Gasteiger charge is 2.25. The van der Waals surface area contributed by atoms with Crippen LogP contribution in [0.2, 0.25) is 5.02 Å². The summed E-state index contributed by atoms with van der Waals surface area (Å²) in [5, 5.41) is 1.68. The van der Waals surface area contributed by atoms with Gasteiger partial charge in [0.1, 0.15) is 9.77 Å². The SMILES string of the molecule is COC(=O)c1sccc1S(=O)(=O)Nc1cc(N)ccc1Cl. The highest BCUT2D eigenvalue weighted by Crippen LogP contribution is 2.29. The van der Waals surface area contributed by atoms with Crippen LogP contribution < -0.4 is 10.5 Å². The minimum Gasteiger partial charge on any atom is -0.465 e. The molecule has 0 spiro atoms. The van der Waals surface area contributed by atoms with Crippen molar-refractivity contribution in [3.05, 3.63) is 39.5 Å². The van der Waals surface area contributed by atoms with Crippen LogP contribution in [0.5, 0.6) is 0 Å². The third kappa shape index (κ3) is 3.29. The Morgan fingerprint density at radius 3 is 2.76 bits per heavy atom. The van der Waals surface area contributed by atoms with Crippen molar-refractivity contribution < 1.29 is 17.9 Å². The number of nitrogens with two attached hydrogens (primary N) is 1. The van der Waals surface area contributed by atoms with Crippen LogP contribution in [0.1, 0.15) is 9.67 Å². The molecule has 0 unspecified atom stereocenters. The molecule has 0 aliphatic carbocycles. The maximum atomic E-state index is 12.4. The van der Waals surface area contributed by atoms with Gasteiger partial charge in [0, 0.05) is 5.69 Å². The Kier molecular flexibility index (Phi) is 4.40. The fraction of sp³-hybridized carbons (Fsp3) is 0.0833. The van der Waals surface area contributed by atoms with Crippen LogP contribution in [0.15, 0.2) is 34.5 Å². The lowest BCUT2D eigenvalue weighted by atomic mass is 10.3. The summed E-state index contributed by atoms with van der Waals surface area (Å²) in [6, 6.07) is 5.73. The fourth-order valence-corrected chi connectivity index (χ4v) is 4.20. The number of nitrogens with one attached hydrogen (secondary N) is 1. The molecule has 1 aromatic heterocycles. The van der Waals surface area contributed by atoms with Gasteiger partial charge in [0.25, 0.3) is 10.0 Å². The topological polar surface area (TPSA) is 98.5 Å². The summed E-state index contributed by atoms with van der Waals surface area (Å²) in [5.74, 6) is -0.718. The van der Waals surface area contributed by atoms with Gasteiger partial charge < -0.3 is 10.5 Å². The van der Waals surface area contributed by atoms with Crippen LogP contribution in [0.4, 0.5) is 11.4 Å². The first kappa shape index (κ1) is 15.6. The smallest absolute Gasteiger partial charge is 0.349 e. The van der Waals surface area contributed by atoms with Crippen LogP contribution in [-0.2, 0) is 14.8 Å². The highest BCUT2D eigenvalue weighted by molar-refractivity contribution is 7.93. The average Bonchev–Trinajstić information content (AvgIpc) is 2.92. The number of rotatable bonds is 4. The summed E-state index contributed by atoms with van der Waals surface area (Å²) in [7, 11) is -2.79. The number of halogens is 1. The lowest BCUT2D eigenvalue weighted by Gasteiger charge is -2.10. The lowest BCUT2D eigenvalue weighted by Crippen LogP contribution is -2.16. The van der Waals surface area contributed by atoms with E-state index in [4.69, 9.17) is 17.3 Å². The standard InChI is InChI=1S/C12H11ClN2O4S2/c1-19-12(16)11-10(4-5-20-11)21(17,18)15-9-6-7(14)2-3-8(9)13/h2-6,15H,14H2,1H3. The van der Waals surface area contributed by atoms with Crippen molar-refractivity contribution in [1.29, 1.82) is 0 Å². The van der Waals surface area contributed by atoms with Crippen molar-refractivity contribution in [3.63, 3.8) is 0 Å². The second kappa shape index (κ2) is 5.92. The van der Waals surface area contributed by atoms with E-state index in [0.29, 0.717) is 5.69 Å². The number of methoxy groups -OCH3 is 1. The molecule has 0 atom stereocenters. The molecular formula is C12H11ClN2O4S2. The summed E-state index contributed by atoms with van der Waals surface area (Å²) in [6.45, 7) is 0. The van der Waals surface area contributed by atoms with Crippen molar-refractivity contribution >= 4 is 50.3 Å². The van der Waals surface area contributed by atoms with Gasteiger partial charge in [0.05, 0.1) is 17.8 Å². The Labute approximate surface area is 130 Å². The van der Waals surface area contributed by atoms with E-state index in [1.54, 1.807) is 6.07 Å². The summed E-state index contributed by atoms with van der Waals surface area (Å²) in [5.41, 5.74) is 6.09. The first-order chi connectivity index (χ1) is 9.85. The summed E-state index contributed by atoms with van der Waals surface area (Å²) in [6.07, 6.45) is 0. The van der Waals surface area contributed by atoms with E-state index in [9.17, 15) is 13.2 Å². The van der Waals surface area contributed by atoms with Gasteiger partial charge in [0.15, 0.2) is 0 Å². The van der Waals surface area contributed by atoms with E-state index in [1.807, 2.05) is 0 Å². The number of hydrogen-bond donors (Lipinski definition) is 2. The second-order valence-corrected chi connectivity index (χ2v) is 6.92. The van der Waals surface area contributed by atoms with Crippen molar-refractivity contribution in [2.24, 2.45) is 0 Å². The number of nitrogen functional groups attached to an aromatic ring is 1. The molecule has 0 radical (unpaired) electrons. The molecule has 21 heavy (non-hydrogen) atoms. The number of thiophene rings is 1. The van der Waals surface area contributed by atoms with E-state index in [-0.39, 0.29) is 20.5 Å². The number of hydrogen-bond acceptors (Lipinski definition) is 6. The Morgan fingerprint density at radius 2 is 2.10 bits per heavy atom. The van der Waals surface area contributed by atoms with E-state index >= 15 is 0 Å². The average molecular weight is 347 g/mol. The molecule has 0 saturated heterocycles. The molecule has 0 fully saturated rings. The number of esters is 1. The number of carbonyl (C=O) groups is 1. The first-order valence-corrected chi connectivity index (χ1v) is 8.33. The second-order valence-electron chi connectivity index (χ2n) is 3.95. The van der Waals surface area contributed by atoms with Crippen LogP contribution in [-0.4, -0.2) is 21.5 Å². The molecule has 0 amide bonds. The molecule has 0 aliphatic heterocycles. The van der Waals surface area contributed by atoms with Gasteiger partial charge in [0.2, 0.25) is 0 Å². The van der Waals surface area contributed by atoms with Gasteiger partial charge in [-0.2, -0.15) is 0 Å². The van der Waals surface area contributed by atoms with Crippen LogP contribution in [0.25, 0.3) is 0 Å². The van der Waals surface area contributed by atoms with E-state index < -0.39 is 16.0 Å². The van der Waals surface area contributed by atoms with Crippen molar-refractivity contribution in [2.75, 3.05) is 17.6 Å². The molecule has 1 heterocycles. The number of benzene rings is 1. The van der Waals surface area contributed by atoms with Crippen molar-refractivity contribution in [1.82, 2.24) is 0 Å². The Bertz CT molecular complexity index is 786. The molecule has 2 aromatic rings. The van der Waals surface area contributed by atoms with Gasteiger partial charge in [-0.3, -0.25) is 4.72 Å². The minimum absolute atomic E-state index is 0.00924. The zero-order chi connectivity index (χ0) is 15.6. The monoisotopic (exact) mass is 346 g/mol. The quantitative estimate of drug-likeness (QED) is 0.654. The predicted molar refractivity (Wildman–Crippen MR) is 82.3 cm³/mol. The summed E-state index contributed by atoms with van der Waals surface area (Å²) in [4.78, 5) is 11.4. The molecule has 0 saturated carbocycles. The zero-order valence-electron chi connectivity index (χ0n) is 10.8. The van der Waals surface area contributed by atoms with Gasteiger partial charge >= 0.3 is 5.97 Å². The van der Waals surface area contributed by atoms with Crippen LogP contribution in [0, 0.1) is 0 Å². The third-order valence-electron chi connectivity index (χ3n) is 2.52. The maximum Gasteiger partial charge on any atom is 0.349 e. The van der Waals surface area contributed by atoms with E-state index in [0.717, 1.165) is 11.3 Å². The Balaban J connectivity index is 2.42. The third-order valence-corrected chi connectivity index (χ3v) is 5.29.